The third-order valence-electron chi connectivity index (χ3n) is 7.16. The average molecular weight is 618 g/mol. The number of nitrogens with zero attached hydrogens (tertiary/aromatic N) is 1. The lowest BCUT2D eigenvalue weighted by molar-refractivity contribution is -0.115. The minimum Gasteiger partial charge on any atom is -0.465 e. The van der Waals surface area contributed by atoms with Crippen LogP contribution in [-0.4, -0.2) is 41.6 Å². The van der Waals surface area contributed by atoms with Gasteiger partial charge in [-0.05, 0) is 54.3 Å². The minimum absolute atomic E-state index is 0.0467. The van der Waals surface area contributed by atoms with Crippen LogP contribution in [0.5, 0.6) is 0 Å². The summed E-state index contributed by atoms with van der Waals surface area (Å²) >= 11 is 2.78. The fraction of sp³-hybridized carbons (Fsp3) is 0.242. The van der Waals surface area contributed by atoms with Crippen LogP contribution in [0, 0.1) is 5.82 Å². The first-order valence-corrected chi connectivity index (χ1v) is 15.7. The SMILES string of the molecule is CCC(Sc1cccc(NC(=O)c2ccccc2F)c1)C(=O)Nc1sc2c(c1C(=O)OC)CCN(Cc1ccccc1)C2. The van der Waals surface area contributed by atoms with Crippen LogP contribution < -0.4 is 10.6 Å². The molecule has 5 rings (SSSR count). The standard InChI is InChI=1S/C33H32FN3O4S2/c1-3-27(42-23-13-9-12-22(18-23)35-30(38)24-14-7-8-15-26(24)34)31(39)36-32-29(33(40)41-2)25-16-17-37(20-28(25)43-32)19-21-10-5-4-6-11-21/h4-15,18,27H,3,16-17,19-20H2,1-2H3,(H,35,38)(H,36,39). The molecule has 0 fully saturated rings. The first kappa shape index (κ1) is 30.5. The Bertz CT molecular complexity index is 1630. The van der Waals surface area contributed by atoms with Gasteiger partial charge in [0.05, 0.1) is 23.5 Å². The Morgan fingerprint density at radius 1 is 1.02 bits per heavy atom. The van der Waals surface area contributed by atoms with Gasteiger partial charge in [-0.1, -0.05) is 55.5 Å². The number of methoxy groups -OCH3 is 1. The zero-order valence-electron chi connectivity index (χ0n) is 23.9. The van der Waals surface area contributed by atoms with Crippen molar-refractivity contribution in [2.45, 2.75) is 43.0 Å². The van der Waals surface area contributed by atoms with Crippen molar-refractivity contribution in [3.05, 3.63) is 112 Å². The van der Waals surface area contributed by atoms with Crippen LogP contribution in [0.25, 0.3) is 0 Å². The summed E-state index contributed by atoms with van der Waals surface area (Å²) in [5.74, 6) is -1.83. The van der Waals surface area contributed by atoms with Gasteiger partial charge in [0.15, 0.2) is 0 Å². The summed E-state index contributed by atoms with van der Waals surface area (Å²) in [6.45, 7) is 4.21. The third kappa shape index (κ3) is 7.33. The fourth-order valence-electron chi connectivity index (χ4n) is 5.01. The van der Waals surface area contributed by atoms with Crippen LogP contribution in [0.3, 0.4) is 0 Å². The molecule has 0 aliphatic carbocycles. The second kappa shape index (κ2) is 14.0. The molecule has 1 aromatic heterocycles. The molecule has 0 spiro atoms. The largest absolute Gasteiger partial charge is 0.465 e. The molecular formula is C33H32FN3O4S2. The number of anilines is 2. The number of thiophene rings is 1. The van der Waals surface area contributed by atoms with Gasteiger partial charge in [-0.3, -0.25) is 14.5 Å². The van der Waals surface area contributed by atoms with Crippen LogP contribution in [0.15, 0.2) is 83.8 Å². The van der Waals surface area contributed by atoms with Crippen LogP contribution in [-0.2, 0) is 29.0 Å². The molecule has 43 heavy (non-hydrogen) atoms. The number of hydrogen-bond donors (Lipinski definition) is 2. The Morgan fingerprint density at radius 2 is 1.79 bits per heavy atom. The summed E-state index contributed by atoms with van der Waals surface area (Å²) in [6.07, 6.45) is 1.22. The molecule has 1 unspecified atom stereocenters. The molecule has 2 amide bonds. The number of benzene rings is 3. The highest BCUT2D eigenvalue weighted by molar-refractivity contribution is 8.00. The number of thioether (sulfide) groups is 1. The smallest absolute Gasteiger partial charge is 0.341 e. The Labute approximate surface area is 258 Å². The van der Waals surface area contributed by atoms with Gasteiger partial charge in [-0.25, -0.2) is 9.18 Å². The van der Waals surface area contributed by atoms with E-state index < -0.39 is 22.9 Å². The molecule has 1 aliphatic rings. The summed E-state index contributed by atoms with van der Waals surface area (Å²) in [5, 5.41) is 5.79. The van der Waals surface area contributed by atoms with Gasteiger partial charge in [0, 0.05) is 35.1 Å². The number of hydrogen-bond acceptors (Lipinski definition) is 7. The molecule has 1 aliphatic heterocycles. The van der Waals surface area contributed by atoms with Gasteiger partial charge in [0.2, 0.25) is 5.91 Å². The number of rotatable bonds is 10. The van der Waals surface area contributed by atoms with Crippen molar-refractivity contribution in [3.8, 4) is 0 Å². The molecule has 0 saturated heterocycles. The second-order valence-corrected chi connectivity index (χ2v) is 12.5. The van der Waals surface area contributed by atoms with Crippen molar-refractivity contribution in [3.63, 3.8) is 0 Å². The molecule has 4 aromatic rings. The maximum absolute atomic E-state index is 14.1. The van der Waals surface area contributed by atoms with E-state index in [1.165, 1.54) is 54.0 Å². The van der Waals surface area contributed by atoms with Gasteiger partial charge < -0.3 is 15.4 Å². The second-order valence-electron chi connectivity index (χ2n) is 10.1. The number of nitrogens with one attached hydrogen (secondary N) is 2. The normalized spacial score (nSPS) is 13.6. The number of carbonyl (C=O) groups excluding carboxylic acids is 3. The molecule has 0 bridgehead atoms. The molecule has 0 saturated carbocycles. The molecule has 7 nitrogen and oxygen atoms in total. The van der Waals surface area contributed by atoms with Crippen molar-refractivity contribution in [2.75, 3.05) is 24.3 Å². The van der Waals surface area contributed by atoms with Crippen LogP contribution in [0.2, 0.25) is 0 Å². The number of carbonyl (C=O) groups is 3. The summed E-state index contributed by atoms with van der Waals surface area (Å²) < 4.78 is 19.2. The average Bonchev–Trinajstić information content (AvgIpc) is 3.37. The van der Waals surface area contributed by atoms with Crippen molar-refractivity contribution in [2.24, 2.45) is 0 Å². The van der Waals surface area contributed by atoms with Crippen LogP contribution in [0.1, 0.15) is 50.1 Å². The van der Waals surface area contributed by atoms with Crippen molar-refractivity contribution >= 4 is 51.6 Å². The molecule has 2 heterocycles. The lowest BCUT2D eigenvalue weighted by atomic mass is 10.0. The number of halogens is 1. The van der Waals surface area contributed by atoms with E-state index in [0.717, 1.165) is 28.4 Å². The molecule has 10 heteroatoms. The van der Waals surface area contributed by atoms with E-state index >= 15 is 0 Å². The summed E-state index contributed by atoms with van der Waals surface area (Å²) in [6, 6.07) is 23.1. The molecule has 1 atom stereocenters. The maximum atomic E-state index is 14.1. The molecule has 3 aromatic carbocycles. The zero-order chi connectivity index (χ0) is 30.3. The van der Waals surface area contributed by atoms with Crippen molar-refractivity contribution in [1.29, 1.82) is 0 Å². The highest BCUT2D eigenvalue weighted by Gasteiger charge is 2.30. The summed E-state index contributed by atoms with van der Waals surface area (Å²) in [7, 11) is 1.35. The summed E-state index contributed by atoms with van der Waals surface area (Å²) in [5.41, 5.74) is 3.05. The number of amides is 2. The Morgan fingerprint density at radius 3 is 2.53 bits per heavy atom. The van der Waals surface area contributed by atoms with E-state index in [-0.39, 0.29) is 11.5 Å². The highest BCUT2D eigenvalue weighted by atomic mass is 32.2. The first-order chi connectivity index (χ1) is 20.9. The van der Waals surface area contributed by atoms with E-state index in [1.54, 1.807) is 24.3 Å². The topological polar surface area (TPSA) is 87.7 Å². The van der Waals surface area contributed by atoms with Crippen molar-refractivity contribution in [1.82, 2.24) is 4.90 Å². The van der Waals surface area contributed by atoms with E-state index in [9.17, 15) is 18.8 Å². The minimum atomic E-state index is -0.598. The lowest BCUT2D eigenvalue weighted by Gasteiger charge is -2.27. The molecule has 2 N–H and O–H groups in total. The predicted octanol–water partition coefficient (Wildman–Crippen LogP) is 6.99. The monoisotopic (exact) mass is 617 g/mol. The zero-order valence-corrected chi connectivity index (χ0v) is 25.5. The maximum Gasteiger partial charge on any atom is 0.341 e. The number of esters is 1. The summed E-state index contributed by atoms with van der Waals surface area (Å²) in [4.78, 5) is 43.1. The van der Waals surface area contributed by atoms with Gasteiger partial charge >= 0.3 is 5.97 Å². The Balaban J connectivity index is 1.29. The van der Waals surface area contributed by atoms with E-state index in [4.69, 9.17) is 4.74 Å². The molecular weight excluding hydrogens is 586 g/mol. The Kier molecular flexibility index (Phi) is 9.91. The highest BCUT2D eigenvalue weighted by Crippen LogP contribution is 2.39. The Hall–Kier alpha value is -3.99. The van der Waals surface area contributed by atoms with Crippen molar-refractivity contribution < 1.29 is 23.5 Å². The van der Waals surface area contributed by atoms with Gasteiger partial charge in [-0.2, -0.15) is 0 Å². The van der Waals surface area contributed by atoms with Crippen LogP contribution >= 0.6 is 23.1 Å². The van der Waals surface area contributed by atoms with E-state index in [0.29, 0.717) is 35.6 Å². The quantitative estimate of drug-likeness (QED) is 0.147. The molecule has 222 valence electrons. The number of ether oxygens (including phenoxy) is 1. The van der Waals surface area contributed by atoms with Gasteiger partial charge in [-0.15, -0.1) is 23.1 Å². The lowest BCUT2D eigenvalue weighted by Crippen LogP contribution is -2.30. The van der Waals surface area contributed by atoms with Gasteiger partial charge in [0.1, 0.15) is 10.8 Å². The first-order valence-electron chi connectivity index (χ1n) is 14.0. The number of fused-ring (bicyclic) bond motifs is 1. The van der Waals surface area contributed by atoms with E-state index in [1.807, 2.05) is 31.2 Å². The fourth-order valence-corrected chi connectivity index (χ4v) is 7.30. The van der Waals surface area contributed by atoms with Crippen LogP contribution in [0.4, 0.5) is 15.1 Å². The van der Waals surface area contributed by atoms with E-state index in [2.05, 4.69) is 27.7 Å². The molecule has 0 radical (unpaired) electrons. The van der Waals surface area contributed by atoms with Gasteiger partial charge in [0.25, 0.3) is 5.91 Å². The predicted molar refractivity (Wildman–Crippen MR) is 169 cm³/mol. The third-order valence-corrected chi connectivity index (χ3v) is 9.65.